The Balaban J connectivity index is 1.58. The molecule has 0 heterocycles. The summed E-state index contributed by atoms with van der Waals surface area (Å²) in [5.74, 6) is 0. The molecule has 0 radical (unpaired) electrons. The quantitative estimate of drug-likeness (QED) is 0.694. The lowest BCUT2D eigenvalue weighted by Crippen LogP contribution is -2.28. The SMILES string of the molecule is O=[N+]([O-])c1ccc(CNC2Cc3ccc(Cl)cc3C2)cc1. The standard InChI is InChI=1S/C16H15ClN2O2/c17-14-4-3-12-8-15(9-13(12)7-14)18-10-11-1-5-16(6-2-11)19(20)21/h1-7,15,18H,8-10H2. The number of hydrogen-bond acceptors (Lipinski definition) is 3. The first kappa shape index (κ1) is 14.0. The highest BCUT2D eigenvalue weighted by molar-refractivity contribution is 6.30. The van der Waals surface area contributed by atoms with Crippen molar-refractivity contribution in [3.63, 3.8) is 0 Å². The summed E-state index contributed by atoms with van der Waals surface area (Å²) in [5.41, 5.74) is 3.83. The molecule has 3 rings (SSSR count). The van der Waals surface area contributed by atoms with Gasteiger partial charge in [0.05, 0.1) is 4.92 Å². The zero-order valence-corrected chi connectivity index (χ0v) is 12.1. The Kier molecular flexibility index (Phi) is 3.90. The zero-order chi connectivity index (χ0) is 14.8. The maximum atomic E-state index is 10.6. The fourth-order valence-electron chi connectivity index (χ4n) is 2.73. The van der Waals surface area contributed by atoms with Gasteiger partial charge in [-0.3, -0.25) is 10.1 Å². The molecule has 0 bridgehead atoms. The van der Waals surface area contributed by atoms with Crippen LogP contribution in [0.3, 0.4) is 0 Å². The molecule has 1 N–H and O–H groups in total. The van der Waals surface area contributed by atoms with Gasteiger partial charge in [-0.05, 0) is 41.7 Å². The fourth-order valence-corrected chi connectivity index (χ4v) is 2.92. The van der Waals surface area contributed by atoms with Crippen molar-refractivity contribution in [2.75, 3.05) is 0 Å². The number of benzene rings is 2. The Morgan fingerprint density at radius 2 is 1.86 bits per heavy atom. The molecular formula is C16H15ClN2O2. The van der Waals surface area contributed by atoms with Crippen molar-refractivity contribution in [2.24, 2.45) is 0 Å². The maximum Gasteiger partial charge on any atom is 0.269 e. The van der Waals surface area contributed by atoms with Crippen molar-refractivity contribution < 1.29 is 4.92 Å². The van der Waals surface area contributed by atoms with Gasteiger partial charge in [0, 0.05) is 29.7 Å². The van der Waals surface area contributed by atoms with E-state index in [1.807, 2.05) is 12.1 Å². The van der Waals surface area contributed by atoms with Gasteiger partial charge in [-0.15, -0.1) is 0 Å². The zero-order valence-electron chi connectivity index (χ0n) is 11.4. The molecule has 1 unspecified atom stereocenters. The predicted octanol–water partition coefficient (Wildman–Crippen LogP) is 3.51. The lowest BCUT2D eigenvalue weighted by atomic mass is 10.1. The van der Waals surface area contributed by atoms with E-state index < -0.39 is 0 Å². The summed E-state index contributed by atoms with van der Waals surface area (Å²) >= 11 is 6.01. The summed E-state index contributed by atoms with van der Waals surface area (Å²) in [6.07, 6.45) is 1.97. The first-order valence-corrected chi connectivity index (χ1v) is 7.23. The van der Waals surface area contributed by atoms with Crippen LogP contribution < -0.4 is 5.32 Å². The van der Waals surface area contributed by atoms with Crippen molar-refractivity contribution in [3.05, 3.63) is 74.3 Å². The van der Waals surface area contributed by atoms with Crippen molar-refractivity contribution in [2.45, 2.75) is 25.4 Å². The van der Waals surface area contributed by atoms with Crippen LogP contribution >= 0.6 is 11.6 Å². The number of nitro groups is 1. The Hall–Kier alpha value is -1.91. The Bertz CT molecular complexity index is 670. The second-order valence-electron chi connectivity index (χ2n) is 5.32. The molecule has 1 aliphatic carbocycles. The second-order valence-corrected chi connectivity index (χ2v) is 5.76. The number of rotatable bonds is 4. The highest BCUT2D eigenvalue weighted by Gasteiger charge is 2.20. The molecule has 1 atom stereocenters. The summed E-state index contributed by atoms with van der Waals surface area (Å²) in [6.45, 7) is 0.713. The van der Waals surface area contributed by atoms with Gasteiger partial charge in [-0.1, -0.05) is 29.8 Å². The molecule has 2 aromatic carbocycles. The van der Waals surface area contributed by atoms with Crippen molar-refractivity contribution >= 4 is 17.3 Å². The van der Waals surface area contributed by atoms with Gasteiger partial charge in [0.2, 0.25) is 0 Å². The molecule has 0 amide bonds. The summed E-state index contributed by atoms with van der Waals surface area (Å²) in [7, 11) is 0. The highest BCUT2D eigenvalue weighted by Crippen LogP contribution is 2.25. The van der Waals surface area contributed by atoms with Crippen LogP contribution in [-0.4, -0.2) is 11.0 Å². The van der Waals surface area contributed by atoms with Crippen LogP contribution in [0, 0.1) is 10.1 Å². The molecule has 5 heteroatoms. The first-order valence-electron chi connectivity index (χ1n) is 6.86. The average Bonchev–Trinajstić information content (AvgIpc) is 2.87. The molecule has 0 fully saturated rings. The highest BCUT2D eigenvalue weighted by atomic mass is 35.5. The molecule has 1 aliphatic rings. The minimum absolute atomic E-state index is 0.127. The molecule has 2 aromatic rings. The minimum Gasteiger partial charge on any atom is -0.309 e. The van der Waals surface area contributed by atoms with Gasteiger partial charge in [0.1, 0.15) is 0 Å². The molecule has 0 saturated heterocycles. The van der Waals surface area contributed by atoms with E-state index in [4.69, 9.17) is 11.6 Å². The maximum absolute atomic E-state index is 10.6. The summed E-state index contributed by atoms with van der Waals surface area (Å²) in [4.78, 5) is 10.2. The van der Waals surface area contributed by atoms with Crippen LogP contribution in [0.5, 0.6) is 0 Å². The molecule has 0 aliphatic heterocycles. The van der Waals surface area contributed by atoms with Gasteiger partial charge in [0.15, 0.2) is 0 Å². The molecule has 108 valence electrons. The van der Waals surface area contributed by atoms with Crippen LogP contribution in [0.4, 0.5) is 5.69 Å². The van der Waals surface area contributed by atoms with E-state index in [1.165, 1.54) is 11.1 Å². The molecule has 4 nitrogen and oxygen atoms in total. The van der Waals surface area contributed by atoms with Gasteiger partial charge in [-0.2, -0.15) is 0 Å². The first-order chi connectivity index (χ1) is 10.1. The average molecular weight is 303 g/mol. The van der Waals surface area contributed by atoms with E-state index in [1.54, 1.807) is 24.3 Å². The topological polar surface area (TPSA) is 55.2 Å². The van der Waals surface area contributed by atoms with Crippen molar-refractivity contribution in [1.82, 2.24) is 5.32 Å². The van der Waals surface area contributed by atoms with E-state index in [-0.39, 0.29) is 10.6 Å². The van der Waals surface area contributed by atoms with Crippen molar-refractivity contribution in [1.29, 1.82) is 0 Å². The Morgan fingerprint density at radius 1 is 1.14 bits per heavy atom. The number of nitro benzene ring substituents is 1. The van der Waals surface area contributed by atoms with Crippen LogP contribution in [0.25, 0.3) is 0 Å². The van der Waals surface area contributed by atoms with Crippen LogP contribution in [0.15, 0.2) is 42.5 Å². The van der Waals surface area contributed by atoms with Gasteiger partial charge < -0.3 is 5.32 Å². The molecule has 21 heavy (non-hydrogen) atoms. The lowest BCUT2D eigenvalue weighted by molar-refractivity contribution is -0.384. The van der Waals surface area contributed by atoms with E-state index in [9.17, 15) is 10.1 Å². The number of nitrogens with one attached hydrogen (secondary N) is 1. The van der Waals surface area contributed by atoms with Crippen LogP contribution in [0.2, 0.25) is 5.02 Å². The number of non-ortho nitro benzene ring substituents is 1. The second kappa shape index (κ2) is 5.84. The van der Waals surface area contributed by atoms with E-state index in [2.05, 4.69) is 11.4 Å². The van der Waals surface area contributed by atoms with Gasteiger partial charge in [-0.25, -0.2) is 0 Å². The molecule has 0 saturated carbocycles. The smallest absolute Gasteiger partial charge is 0.269 e. The van der Waals surface area contributed by atoms with Crippen LogP contribution in [0.1, 0.15) is 16.7 Å². The number of nitrogens with zero attached hydrogens (tertiary/aromatic N) is 1. The Labute approximate surface area is 127 Å². The number of fused-ring (bicyclic) bond motifs is 1. The third-order valence-corrected chi connectivity index (χ3v) is 4.08. The monoisotopic (exact) mass is 302 g/mol. The normalized spacial score (nSPS) is 16.7. The van der Waals surface area contributed by atoms with E-state index >= 15 is 0 Å². The van der Waals surface area contributed by atoms with Crippen molar-refractivity contribution in [3.8, 4) is 0 Å². The van der Waals surface area contributed by atoms with E-state index in [0.29, 0.717) is 12.6 Å². The third kappa shape index (κ3) is 3.23. The lowest BCUT2D eigenvalue weighted by Gasteiger charge is -2.11. The molecule has 0 spiro atoms. The third-order valence-electron chi connectivity index (χ3n) is 3.84. The molecule has 0 aromatic heterocycles. The summed E-state index contributed by atoms with van der Waals surface area (Å²) in [6, 6.07) is 13.1. The van der Waals surface area contributed by atoms with Gasteiger partial charge in [0.25, 0.3) is 5.69 Å². The van der Waals surface area contributed by atoms with Crippen LogP contribution in [-0.2, 0) is 19.4 Å². The number of hydrogen-bond donors (Lipinski definition) is 1. The predicted molar refractivity (Wildman–Crippen MR) is 82.6 cm³/mol. The number of halogens is 1. The largest absolute Gasteiger partial charge is 0.309 e. The fraction of sp³-hybridized carbons (Fsp3) is 0.250. The summed E-state index contributed by atoms with van der Waals surface area (Å²) in [5, 5.41) is 14.9. The van der Waals surface area contributed by atoms with E-state index in [0.717, 1.165) is 23.4 Å². The molecular weight excluding hydrogens is 288 g/mol. The summed E-state index contributed by atoms with van der Waals surface area (Å²) < 4.78 is 0. The minimum atomic E-state index is -0.380. The Morgan fingerprint density at radius 3 is 2.57 bits per heavy atom. The van der Waals surface area contributed by atoms with Gasteiger partial charge >= 0.3 is 0 Å².